The zero-order valence-corrected chi connectivity index (χ0v) is 9.79. The minimum Gasteiger partial charge on any atom is -0.370 e. The predicted molar refractivity (Wildman–Crippen MR) is 65.1 cm³/mol. The zero-order valence-electron chi connectivity index (χ0n) is 9.79. The van der Waals surface area contributed by atoms with Crippen molar-refractivity contribution >= 4 is 18.2 Å². The lowest BCUT2D eigenvalue weighted by Crippen LogP contribution is -2.41. The number of hydrogen-bond donors (Lipinski definition) is 5. The van der Waals surface area contributed by atoms with Gasteiger partial charge in [0.15, 0.2) is 12.2 Å². The lowest BCUT2D eigenvalue weighted by Gasteiger charge is -2.12. The molecule has 0 saturated heterocycles. The first-order chi connectivity index (χ1) is 8.07. The maximum atomic E-state index is 11.4. The second-order valence-electron chi connectivity index (χ2n) is 3.63. The lowest BCUT2D eigenvalue weighted by molar-refractivity contribution is -0.122. The van der Waals surface area contributed by atoms with E-state index >= 15 is 0 Å². The second-order valence-corrected chi connectivity index (χ2v) is 3.63. The number of guanidine groups is 1. The Labute approximate surface area is 101 Å². The van der Waals surface area contributed by atoms with Crippen LogP contribution in [0.5, 0.6) is 0 Å². The lowest BCUT2D eigenvalue weighted by atomic mass is 10.1. The molecule has 7 heteroatoms. The van der Waals surface area contributed by atoms with Gasteiger partial charge in [-0.3, -0.25) is 15.0 Å². The highest BCUT2D eigenvalue weighted by molar-refractivity contribution is 5.81. The van der Waals surface area contributed by atoms with Gasteiger partial charge in [0.1, 0.15) is 0 Å². The van der Waals surface area contributed by atoms with Gasteiger partial charge in [-0.25, -0.2) is 0 Å². The predicted octanol–water partition coefficient (Wildman–Crippen LogP) is -1.42. The average Bonchev–Trinajstić information content (AvgIpc) is 2.29. The third-order valence-electron chi connectivity index (χ3n) is 2.10. The Morgan fingerprint density at radius 3 is 2.53 bits per heavy atom. The van der Waals surface area contributed by atoms with Crippen LogP contribution < -0.4 is 22.1 Å². The topological polar surface area (TPSA) is 134 Å². The molecule has 1 radical (unpaired) electrons. The van der Waals surface area contributed by atoms with Gasteiger partial charge < -0.3 is 22.1 Å². The van der Waals surface area contributed by atoms with Crippen LogP contribution in [0.25, 0.3) is 0 Å². The fourth-order valence-electron chi connectivity index (χ4n) is 1.18. The van der Waals surface area contributed by atoms with E-state index in [1.54, 1.807) is 6.29 Å². The molecule has 0 aliphatic heterocycles. The number of carbonyl (C=O) groups excluding carboxylic acids is 2. The van der Waals surface area contributed by atoms with Crippen LogP contribution in [0.1, 0.15) is 25.7 Å². The van der Waals surface area contributed by atoms with Crippen molar-refractivity contribution in [3.8, 4) is 0 Å². The van der Waals surface area contributed by atoms with Crippen LogP contribution in [0, 0.1) is 5.41 Å². The summed E-state index contributed by atoms with van der Waals surface area (Å²) in [5, 5.41) is 12.2. The van der Waals surface area contributed by atoms with Gasteiger partial charge in [0.2, 0.25) is 5.91 Å². The molecule has 0 bridgehead atoms. The van der Waals surface area contributed by atoms with E-state index in [1.165, 1.54) is 0 Å². The van der Waals surface area contributed by atoms with Crippen molar-refractivity contribution in [2.45, 2.75) is 31.7 Å². The van der Waals surface area contributed by atoms with E-state index < -0.39 is 6.04 Å². The second kappa shape index (κ2) is 9.59. The Balaban J connectivity index is 3.53. The summed E-state index contributed by atoms with van der Waals surface area (Å²) in [6.45, 7) is 0.962. The summed E-state index contributed by atoms with van der Waals surface area (Å²) in [5.74, 6) is -0.313. The van der Waals surface area contributed by atoms with Crippen molar-refractivity contribution in [2.75, 3.05) is 13.1 Å². The Morgan fingerprint density at radius 2 is 1.94 bits per heavy atom. The van der Waals surface area contributed by atoms with Crippen molar-refractivity contribution in [3.05, 3.63) is 0 Å². The van der Waals surface area contributed by atoms with Crippen molar-refractivity contribution in [2.24, 2.45) is 11.5 Å². The summed E-state index contributed by atoms with van der Waals surface area (Å²) in [6.07, 6.45) is 3.83. The van der Waals surface area contributed by atoms with Gasteiger partial charge in [-0.2, -0.15) is 0 Å². The normalized spacial score (nSPS) is 11.6. The summed E-state index contributed by atoms with van der Waals surface area (Å²) in [7, 11) is 0. The average molecular weight is 242 g/mol. The molecule has 0 fully saturated rings. The van der Waals surface area contributed by atoms with Gasteiger partial charge in [0.05, 0.1) is 6.04 Å². The number of carbonyl (C=O) groups is 1. The molecule has 1 atom stereocenters. The highest BCUT2D eigenvalue weighted by atomic mass is 16.2. The Morgan fingerprint density at radius 1 is 1.29 bits per heavy atom. The first-order valence-corrected chi connectivity index (χ1v) is 5.54. The first kappa shape index (κ1) is 15.4. The molecule has 97 valence electrons. The first-order valence-electron chi connectivity index (χ1n) is 5.54. The van der Waals surface area contributed by atoms with Crippen LogP contribution in [0.2, 0.25) is 0 Å². The van der Waals surface area contributed by atoms with E-state index in [-0.39, 0.29) is 11.9 Å². The smallest absolute Gasteiger partial charge is 0.236 e. The van der Waals surface area contributed by atoms with Gasteiger partial charge in [0.25, 0.3) is 0 Å². The van der Waals surface area contributed by atoms with E-state index in [9.17, 15) is 9.59 Å². The highest BCUT2D eigenvalue weighted by Crippen LogP contribution is 1.94. The molecule has 0 aliphatic carbocycles. The number of rotatable bonds is 9. The van der Waals surface area contributed by atoms with Gasteiger partial charge in [-0.15, -0.1) is 0 Å². The third-order valence-corrected chi connectivity index (χ3v) is 2.10. The Kier molecular flexibility index (Phi) is 8.67. The largest absolute Gasteiger partial charge is 0.370 e. The minimum atomic E-state index is -0.566. The fraction of sp³-hybridized carbons (Fsp3) is 0.700. The van der Waals surface area contributed by atoms with E-state index in [0.717, 1.165) is 0 Å². The fourth-order valence-corrected chi connectivity index (χ4v) is 1.18. The minimum absolute atomic E-state index is 0.0897. The number of unbranched alkanes of at least 4 members (excludes halogenated alkanes) is 1. The molecule has 0 heterocycles. The Bertz CT molecular complexity index is 257. The number of amides is 1. The van der Waals surface area contributed by atoms with Crippen LogP contribution >= 0.6 is 0 Å². The van der Waals surface area contributed by atoms with Crippen LogP contribution in [0.3, 0.4) is 0 Å². The molecule has 17 heavy (non-hydrogen) atoms. The standard InChI is InChI=1S/C10H20N5O2/c11-8(4-3-6-15-10(12)13)9(17)14-5-1-2-7-16/h8H,1-6,11H2,(H,14,17)(H4,12,13,15)/t8-/m1/s1. The summed E-state index contributed by atoms with van der Waals surface area (Å²) < 4.78 is 0. The van der Waals surface area contributed by atoms with E-state index in [4.69, 9.17) is 16.9 Å². The van der Waals surface area contributed by atoms with E-state index in [0.29, 0.717) is 38.8 Å². The molecule has 0 saturated carbocycles. The summed E-state index contributed by atoms with van der Waals surface area (Å²) in [4.78, 5) is 21.3. The van der Waals surface area contributed by atoms with E-state index in [1.807, 2.05) is 0 Å². The molecule has 0 unspecified atom stereocenters. The maximum absolute atomic E-state index is 11.4. The monoisotopic (exact) mass is 242 g/mol. The van der Waals surface area contributed by atoms with Crippen LogP contribution in [0.4, 0.5) is 0 Å². The van der Waals surface area contributed by atoms with Crippen molar-refractivity contribution in [3.63, 3.8) is 0 Å². The van der Waals surface area contributed by atoms with Crippen molar-refractivity contribution in [1.29, 1.82) is 5.41 Å². The molecule has 0 rings (SSSR count). The van der Waals surface area contributed by atoms with Crippen LogP contribution in [-0.4, -0.2) is 37.3 Å². The third kappa shape index (κ3) is 9.31. The number of hydrogen-bond acceptors (Lipinski definition) is 4. The summed E-state index contributed by atoms with van der Waals surface area (Å²) in [6, 6.07) is -0.566. The summed E-state index contributed by atoms with van der Waals surface area (Å²) in [5.41, 5.74) is 10.7. The highest BCUT2D eigenvalue weighted by Gasteiger charge is 2.11. The van der Waals surface area contributed by atoms with Gasteiger partial charge in [-0.1, -0.05) is 0 Å². The number of nitrogens with one attached hydrogen (secondary N) is 3. The van der Waals surface area contributed by atoms with Crippen molar-refractivity contribution in [1.82, 2.24) is 10.6 Å². The quantitative estimate of drug-likeness (QED) is 0.192. The maximum Gasteiger partial charge on any atom is 0.236 e. The van der Waals surface area contributed by atoms with Crippen LogP contribution in [-0.2, 0) is 9.59 Å². The zero-order chi connectivity index (χ0) is 13.1. The molecular weight excluding hydrogens is 222 g/mol. The van der Waals surface area contributed by atoms with E-state index in [2.05, 4.69) is 10.6 Å². The number of nitrogens with two attached hydrogens (primary N) is 2. The summed E-state index contributed by atoms with van der Waals surface area (Å²) >= 11 is 0. The van der Waals surface area contributed by atoms with Crippen LogP contribution in [0.15, 0.2) is 0 Å². The molecule has 1 amide bonds. The molecule has 7 nitrogen and oxygen atoms in total. The van der Waals surface area contributed by atoms with Crippen molar-refractivity contribution < 1.29 is 9.59 Å². The SMILES string of the molecule is N=C(N)NCCC[C@@H](N)C(=O)NCCC[C]=O. The molecule has 0 spiro atoms. The molecular formula is C10H20N5O2. The molecule has 0 aromatic carbocycles. The Hall–Kier alpha value is -1.63. The molecule has 7 N–H and O–H groups in total. The molecule has 0 aromatic heterocycles. The molecule has 0 aliphatic rings. The van der Waals surface area contributed by atoms with Gasteiger partial charge >= 0.3 is 0 Å². The van der Waals surface area contributed by atoms with Gasteiger partial charge in [0, 0.05) is 19.5 Å². The molecule has 0 aromatic rings. The van der Waals surface area contributed by atoms with Gasteiger partial charge in [-0.05, 0) is 19.3 Å².